The molecule has 0 spiro atoms. The van der Waals surface area contributed by atoms with Crippen LogP contribution in [0.1, 0.15) is 37.4 Å². The Morgan fingerprint density at radius 1 is 1.36 bits per heavy atom. The molecule has 1 saturated heterocycles. The lowest BCUT2D eigenvalue weighted by Crippen LogP contribution is -2.47. The third kappa shape index (κ3) is 3.09. The molecule has 5 nitrogen and oxygen atoms in total. The van der Waals surface area contributed by atoms with Gasteiger partial charge in [-0.15, -0.1) is 0 Å². The van der Waals surface area contributed by atoms with Crippen molar-refractivity contribution >= 4 is 5.90 Å². The summed E-state index contributed by atoms with van der Waals surface area (Å²) in [6, 6.07) is 4.17. The van der Waals surface area contributed by atoms with E-state index in [0.717, 1.165) is 50.4 Å². The summed E-state index contributed by atoms with van der Waals surface area (Å²) in [6.07, 6.45) is 5.85. The van der Waals surface area contributed by atoms with Gasteiger partial charge in [-0.05, 0) is 57.3 Å². The van der Waals surface area contributed by atoms with Gasteiger partial charge in [-0.3, -0.25) is 4.98 Å². The van der Waals surface area contributed by atoms with E-state index in [1.54, 1.807) is 0 Å². The summed E-state index contributed by atoms with van der Waals surface area (Å²) in [5.41, 5.74) is 2.28. The van der Waals surface area contributed by atoms with E-state index in [2.05, 4.69) is 35.4 Å². The second kappa shape index (κ2) is 6.65. The summed E-state index contributed by atoms with van der Waals surface area (Å²) in [5, 5.41) is 7.73. The van der Waals surface area contributed by atoms with E-state index in [-0.39, 0.29) is 11.5 Å². The number of aryl methyl sites for hydroxylation is 1. The molecule has 0 saturated carbocycles. The molecule has 0 radical (unpaired) electrons. The van der Waals surface area contributed by atoms with Crippen molar-refractivity contribution in [3.05, 3.63) is 29.6 Å². The van der Waals surface area contributed by atoms with Crippen LogP contribution in [0.5, 0.6) is 0 Å². The lowest BCUT2D eigenvalue weighted by atomic mass is 9.73. The maximum Gasteiger partial charge on any atom is 0.232 e. The first-order valence-electron chi connectivity index (χ1n) is 8.22. The van der Waals surface area contributed by atoms with Gasteiger partial charge in [0, 0.05) is 11.9 Å². The highest BCUT2D eigenvalue weighted by molar-refractivity contribution is 5.83. The standard InChI is InChI=1S/C17H25N3O2/c1-3-15-12-21-20-16(22-15)17(6-9-18-10-7-17)11-14-5-4-8-19-13(14)2/h4-5,8,15,18H,3,6-7,9-12H2,1-2H3. The zero-order chi connectivity index (χ0) is 15.4. The van der Waals surface area contributed by atoms with Gasteiger partial charge in [0.1, 0.15) is 6.10 Å². The number of pyridine rings is 1. The highest BCUT2D eigenvalue weighted by Crippen LogP contribution is 2.37. The van der Waals surface area contributed by atoms with Crippen LogP contribution in [0.25, 0.3) is 0 Å². The lowest BCUT2D eigenvalue weighted by molar-refractivity contribution is -0.00927. The van der Waals surface area contributed by atoms with E-state index >= 15 is 0 Å². The van der Waals surface area contributed by atoms with Crippen molar-refractivity contribution in [1.29, 1.82) is 0 Å². The van der Waals surface area contributed by atoms with Crippen LogP contribution in [0.2, 0.25) is 0 Å². The second-order valence-electron chi connectivity index (χ2n) is 6.30. The minimum atomic E-state index is -0.0765. The number of nitrogens with one attached hydrogen (secondary N) is 1. The predicted octanol–water partition coefficient (Wildman–Crippen LogP) is 2.44. The topological polar surface area (TPSA) is 55.7 Å². The fourth-order valence-corrected chi connectivity index (χ4v) is 3.26. The van der Waals surface area contributed by atoms with Crippen LogP contribution in [-0.2, 0) is 16.0 Å². The Hall–Kier alpha value is -1.62. The number of aromatic nitrogens is 1. The summed E-state index contributed by atoms with van der Waals surface area (Å²) in [4.78, 5) is 9.88. The number of oxime groups is 1. The van der Waals surface area contributed by atoms with Crippen LogP contribution in [0.3, 0.4) is 0 Å². The molecule has 0 aromatic carbocycles. The molecular weight excluding hydrogens is 278 g/mol. The normalized spacial score (nSPS) is 24.1. The molecule has 22 heavy (non-hydrogen) atoms. The SMILES string of the molecule is CCC1CON=C(C2(Cc3cccnc3C)CCNCC2)O1. The third-order valence-corrected chi connectivity index (χ3v) is 4.80. The molecule has 3 rings (SSSR count). The second-order valence-corrected chi connectivity index (χ2v) is 6.30. The maximum absolute atomic E-state index is 6.17. The quantitative estimate of drug-likeness (QED) is 0.928. The Morgan fingerprint density at radius 2 is 2.18 bits per heavy atom. The van der Waals surface area contributed by atoms with Gasteiger partial charge in [-0.1, -0.05) is 18.1 Å². The van der Waals surface area contributed by atoms with Gasteiger partial charge < -0.3 is 14.9 Å². The molecule has 2 aliphatic heterocycles. The molecule has 1 atom stereocenters. The molecule has 1 N–H and O–H groups in total. The van der Waals surface area contributed by atoms with E-state index in [1.807, 2.05) is 12.3 Å². The van der Waals surface area contributed by atoms with Crippen LogP contribution >= 0.6 is 0 Å². The van der Waals surface area contributed by atoms with E-state index in [1.165, 1.54) is 5.56 Å². The van der Waals surface area contributed by atoms with Gasteiger partial charge in [0.2, 0.25) is 5.90 Å². The average Bonchev–Trinajstić information content (AvgIpc) is 2.58. The van der Waals surface area contributed by atoms with Gasteiger partial charge in [-0.2, -0.15) is 0 Å². The van der Waals surface area contributed by atoms with Crippen LogP contribution in [0, 0.1) is 12.3 Å². The first kappa shape index (κ1) is 15.3. The summed E-state index contributed by atoms with van der Waals surface area (Å²) in [7, 11) is 0. The molecule has 120 valence electrons. The van der Waals surface area contributed by atoms with Gasteiger partial charge in [0.15, 0.2) is 6.61 Å². The Bertz CT molecular complexity index is 538. The van der Waals surface area contributed by atoms with Crippen molar-refractivity contribution in [2.45, 2.75) is 45.6 Å². The maximum atomic E-state index is 6.17. The highest BCUT2D eigenvalue weighted by atomic mass is 16.7. The van der Waals surface area contributed by atoms with Gasteiger partial charge in [0.25, 0.3) is 0 Å². The lowest BCUT2D eigenvalue weighted by Gasteiger charge is -2.40. The van der Waals surface area contributed by atoms with Crippen molar-refractivity contribution in [1.82, 2.24) is 10.3 Å². The number of piperidine rings is 1. The average molecular weight is 303 g/mol. The molecule has 0 bridgehead atoms. The molecule has 1 aromatic heterocycles. The van der Waals surface area contributed by atoms with Crippen LogP contribution < -0.4 is 5.32 Å². The van der Waals surface area contributed by atoms with E-state index in [9.17, 15) is 0 Å². The summed E-state index contributed by atoms with van der Waals surface area (Å²) in [6.45, 7) is 6.72. The van der Waals surface area contributed by atoms with E-state index < -0.39 is 0 Å². The summed E-state index contributed by atoms with van der Waals surface area (Å²) >= 11 is 0. The van der Waals surface area contributed by atoms with Crippen molar-refractivity contribution in [2.75, 3.05) is 19.7 Å². The molecule has 2 aliphatic rings. The zero-order valence-electron chi connectivity index (χ0n) is 13.5. The molecule has 5 heteroatoms. The highest BCUT2D eigenvalue weighted by Gasteiger charge is 2.42. The van der Waals surface area contributed by atoms with Crippen molar-refractivity contribution in [3.63, 3.8) is 0 Å². The molecule has 0 aliphatic carbocycles. The molecule has 3 heterocycles. The molecule has 0 amide bonds. The molecular formula is C17H25N3O2. The summed E-state index contributed by atoms with van der Waals surface area (Å²) in [5.74, 6) is 0.787. The largest absolute Gasteiger partial charge is 0.471 e. The molecule has 1 aromatic rings. The number of hydrogen-bond donors (Lipinski definition) is 1. The minimum Gasteiger partial charge on any atom is -0.471 e. The fourth-order valence-electron chi connectivity index (χ4n) is 3.26. The van der Waals surface area contributed by atoms with E-state index in [4.69, 9.17) is 9.57 Å². The first-order chi connectivity index (χ1) is 10.7. The monoisotopic (exact) mass is 303 g/mol. The van der Waals surface area contributed by atoms with Crippen LogP contribution in [0.4, 0.5) is 0 Å². The van der Waals surface area contributed by atoms with E-state index in [0.29, 0.717) is 6.61 Å². The fraction of sp³-hybridized carbons (Fsp3) is 0.647. The van der Waals surface area contributed by atoms with Gasteiger partial charge >= 0.3 is 0 Å². The van der Waals surface area contributed by atoms with Crippen LogP contribution in [-0.4, -0.2) is 36.7 Å². The number of nitrogens with zero attached hydrogens (tertiary/aromatic N) is 2. The molecule has 1 fully saturated rings. The van der Waals surface area contributed by atoms with Crippen molar-refractivity contribution in [2.24, 2.45) is 10.6 Å². The Morgan fingerprint density at radius 3 is 2.91 bits per heavy atom. The number of rotatable bonds is 4. The third-order valence-electron chi connectivity index (χ3n) is 4.80. The number of ether oxygens (including phenoxy) is 1. The Labute approximate surface area is 132 Å². The van der Waals surface area contributed by atoms with Gasteiger partial charge in [0.05, 0.1) is 5.41 Å². The van der Waals surface area contributed by atoms with Crippen LogP contribution in [0.15, 0.2) is 23.5 Å². The zero-order valence-corrected chi connectivity index (χ0v) is 13.5. The summed E-state index contributed by atoms with van der Waals surface area (Å²) < 4.78 is 6.17. The minimum absolute atomic E-state index is 0.0765. The first-order valence-corrected chi connectivity index (χ1v) is 8.22. The Kier molecular flexibility index (Phi) is 4.62. The Balaban J connectivity index is 1.88. The smallest absolute Gasteiger partial charge is 0.232 e. The van der Waals surface area contributed by atoms with Crippen molar-refractivity contribution < 1.29 is 9.57 Å². The van der Waals surface area contributed by atoms with Crippen molar-refractivity contribution in [3.8, 4) is 0 Å². The van der Waals surface area contributed by atoms with Gasteiger partial charge in [-0.25, -0.2) is 0 Å². The number of hydrogen-bond acceptors (Lipinski definition) is 5. The molecule has 1 unspecified atom stereocenters. The predicted molar refractivity (Wildman–Crippen MR) is 85.8 cm³/mol.